The van der Waals surface area contributed by atoms with Gasteiger partial charge in [0, 0.05) is 63.7 Å². The Bertz CT molecular complexity index is 587. The number of ether oxygens (including phenoxy) is 1. The molecule has 3 heterocycles. The topological polar surface area (TPSA) is 57.7 Å². The lowest BCUT2D eigenvalue weighted by atomic mass is 9.81. The molecule has 2 atom stereocenters. The van der Waals surface area contributed by atoms with Crippen LogP contribution in [0.2, 0.25) is 0 Å². The standard InChI is InChI=1S/C20H32N4O2/c1-20(6-9-26-10-7-20)19(25)22-18-15-24(14-17(18)13-23(2)3)12-16-5-4-8-21-11-16/h4-5,8,11,17-18H,6-7,9-10,12-15H2,1-3H3,(H,22,25)/t17-,18-/m1/s1. The molecule has 1 aromatic heterocycles. The first-order chi connectivity index (χ1) is 12.5. The molecule has 6 heteroatoms. The zero-order valence-electron chi connectivity index (χ0n) is 16.3. The zero-order valence-corrected chi connectivity index (χ0v) is 16.3. The number of hydrogen-bond acceptors (Lipinski definition) is 5. The van der Waals surface area contributed by atoms with E-state index in [0.29, 0.717) is 19.1 Å². The summed E-state index contributed by atoms with van der Waals surface area (Å²) in [5.74, 6) is 0.631. The quantitative estimate of drug-likeness (QED) is 0.831. The van der Waals surface area contributed by atoms with Gasteiger partial charge in [0.25, 0.3) is 0 Å². The van der Waals surface area contributed by atoms with Gasteiger partial charge in [0.05, 0.1) is 5.41 Å². The molecule has 1 N–H and O–H groups in total. The highest BCUT2D eigenvalue weighted by Crippen LogP contribution is 2.31. The van der Waals surface area contributed by atoms with E-state index in [1.165, 1.54) is 5.56 Å². The molecule has 1 aromatic rings. The Kier molecular flexibility index (Phi) is 6.27. The minimum Gasteiger partial charge on any atom is -0.381 e. The smallest absolute Gasteiger partial charge is 0.226 e. The van der Waals surface area contributed by atoms with Crippen molar-refractivity contribution in [2.24, 2.45) is 11.3 Å². The van der Waals surface area contributed by atoms with E-state index in [4.69, 9.17) is 4.74 Å². The molecule has 2 aliphatic rings. The molecule has 0 spiro atoms. The molecule has 0 radical (unpaired) electrons. The summed E-state index contributed by atoms with van der Waals surface area (Å²) in [7, 11) is 4.20. The van der Waals surface area contributed by atoms with Gasteiger partial charge in [0.15, 0.2) is 0 Å². The molecule has 0 aliphatic carbocycles. The normalized spacial score (nSPS) is 26.2. The first kappa shape index (κ1) is 19.3. The Morgan fingerprint density at radius 2 is 2.15 bits per heavy atom. The van der Waals surface area contributed by atoms with Crippen molar-refractivity contribution in [3.63, 3.8) is 0 Å². The zero-order chi connectivity index (χ0) is 18.6. The number of rotatable bonds is 6. The van der Waals surface area contributed by atoms with Crippen LogP contribution in [-0.4, -0.2) is 73.7 Å². The fourth-order valence-corrected chi connectivity index (χ4v) is 4.05. The second kappa shape index (κ2) is 8.46. The van der Waals surface area contributed by atoms with Crippen molar-refractivity contribution >= 4 is 5.91 Å². The summed E-state index contributed by atoms with van der Waals surface area (Å²) in [5.41, 5.74) is 0.928. The van der Waals surface area contributed by atoms with Crippen LogP contribution in [0.5, 0.6) is 0 Å². The van der Waals surface area contributed by atoms with Crippen LogP contribution >= 0.6 is 0 Å². The summed E-state index contributed by atoms with van der Waals surface area (Å²) >= 11 is 0. The van der Waals surface area contributed by atoms with E-state index < -0.39 is 0 Å². The third-order valence-electron chi connectivity index (χ3n) is 5.71. The number of amides is 1. The maximum Gasteiger partial charge on any atom is 0.226 e. The fraction of sp³-hybridized carbons (Fsp3) is 0.700. The molecule has 2 saturated heterocycles. The van der Waals surface area contributed by atoms with Gasteiger partial charge in [-0.25, -0.2) is 0 Å². The highest BCUT2D eigenvalue weighted by Gasteiger charge is 2.40. The molecule has 26 heavy (non-hydrogen) atoms. The number of pyridine rings is 1. The summed E-state index contributed by atoms with van der Waals surface area (Å²) in [4.78, 5) is 21.8. The molecule has 0 aromatic carbocycles. The lowest BCUT2D eigenvalue weighted by Gasteiger charge is -2.34. The molecular weight excluding hydrogens is 328 g/mol. The third kappa shape index (κ3) is 4.81. The SMILES string of the molecule is CN(C)C[C@@H]1CN(Cc2cccnc2)C[C@H]1NC(=O)C1(C)CCOCC1. The maximum absolute atomic E-state index is 13.0. The van der Waals surface area contributed by atoms with Crippen LogP contribution in [0.3, 0.4) is 0 Å². The van der Waals surface area contributed by atoms with E-state index in [1.807, 2.05) is 12.3 Å². The van der Waals surface area contributed by atoms with Crippen LogP contribution in [0.15, 0.2) is 24.5 Å². The molecule has 6 nitrogen and oxygen atoms in total. The van der Waals surface area contributed by atoms with E-state index in [-0.39, 0.29) is 17.4 Å². The highest BCUT2D eigenvalue weighted by atomic mass is 16.5. The van der Waals surface area contributed by atoms with Crippen LogP contribution in [0.4, 0.5) is 0 Å². The van der Waals surface area contributed by atoms with Crippen molar-refractivity contribution in [3.8, 4) is 0 Å². The monoisotopic (exact) mass is 360 g/mol. The van der Waals surface area contributed by atoms with Crippen LogP contribution in [0.1, 0.15) is 25.3 Å². The maximum atomic E-state index is 13.0. The van der Waals surface area contributed by atoms with E-state index in [9.17, 15) is 4.79 Å². The van der Waals surface area contributed by atoms with E-state index in [1.54, 1.807) is 6.20 Å². The Labute approximate surface area is 156 Å². The second-order valence-corrected chi connectivity index (χ2v) is 8.33. The summed E-state index contributed by atoms with van der Waals surface area (Å²) in [6, 6.07) is 4.29. The third-order valence-corrected chi connectivity index (χ3v) is 5.71. The summed E-state index contributed by atoms with van der Waals surface area (Å²) in [6.45, 7) is 7.20. The molecule has 1 amide bonds. The van der Waals surface area contributed by atoms with Gasteiger partial charge in [0.2, 0.25) is 5.91 Å². The molecule has 144 valence electrons. The van der Waals surface area contributed by atoms with Crippen molar-refractivity contribution < 1.29 is 9.53 Å². The van der Waals surface area contributed by atoms with Crippen LogP contribution in [0, 0.1) is 11.3 Å². The van der Waals surface area contributed by atoms with Gasteiger partial charge in [-0.1, -0.05) is 13.0 Å². The molecule has 2 aliphatic heterocycles. The van der Waals surface area contributed by atoms with Gasteiger partial charge in [-0.05, 0) is 38.6 Å². The number of carbonyl (C=O) groups is 1. The average molecular weight is 361 g/mol. The van der Waals surface area contributed by atoms with E-state index in [2.05, 4.69) is 47.2 Å². The fourth-order valence-electron chi connectivity index (χ4n) is 4.05. The lowest BCUT2D eigenvalue weighted by Crippen LogP contribution is -2.50. The predicted molar refractivity (Wildman–Crippen MR) is 102 cm³/mol. The Balaban J connectivity index is 1.64. The Morgan fingerprint density at radius 1 is 1.38 bits per heavy atom. The number of hydrogen-bond donors (Lipinski definition) is 1. The van der Waals surface area contributed by atoms with Crippen molar-refractivity contribution in [3.05, 3.63) is 30.1 Å². The number of nitrogens with zero attached hydrogens (tertiary/aromatic N) is 3. The summed E-state index contributed by atoms with van der Waals surface area (Å²) in [6.07, 6.45) is 5.35. The van der Waals surface area contributed by atoms with Gasteiger partial charge in [-0.2, -0.15) is 0 Å². The van der Waals surface area contributed by atoms with Gasteiger partial charge in [-0.15, -0.1) is 0 Å². The number of aromatic nitrogens is 1. The molecule has 0 bridgehead atoms. The van der Waals surface area contributed by atoms with E-state index in [0.717, 1.165) is 39.0 Å². The van der Waals surface area contributed by atoms with Gasteiger partial charge >= 0.3 is 0 Å². The Hall–Kier alpha value is -1.50. The summed E-state index contributed by atoms with van der Waals surface area (Å²) in [5, 5.41) is 3.38. The van der Waals surface area contributed by atoms with E-state index >= 15 is 0 Å². The molecule has 0 unspecified atom stereocenters. The lowest BCUT2D eigenvalue weighted by molar-refractivity contribution is -0.136. The molecule has 2 fully saturated rings. The van der Waals surface area contributed by atoms with Crippen LogP contribution in [-0.2, 0) is 16.1 Å². The van der Waals surface area contributed by atoms with Crippen molar-refractivity contribution in [2.45, 2.75) is 32.4 Å². The Morgan fingerprint density at radius 3 is 2.81 bits per heavy atom. The van der Waals surface area contributed by atoms with Gasteiger partial charge < -0.3 is 15.0 Å². The van der Waals surface area contributed by atoms with Gasteiger partial charge in [0.1, 0.15) is 0 Å². The van der Waals surface area contributed by atoms with Crippen molar-refractivity contribution in [2.75, 3.05) is 46.9 Å². The first-order valence-electron chi connectivity index (χ1n) is 9.61. The number of nitrogens with one attached hydrogen (secondary N) is 1. The van der Waals surface area contributed by atoms with Crippen molar-refractivity contribution in [1.29, 1.82) is 0 Å². The molecule has 3 rings (SSSR count). The molecular formula is C20H32N4O2. The first-order valence-corrected chi connectivity index (χ1v) is 9.61. The number of likely N-dealkylation sites (tertiary alicyclic amines) is 1. The largest absolute Gasteiger partial charge is 0.381 e. The molecule has 0 saturated carbocycles. The minimum atomic E-state index is -0.294. The summed E-state index contributed by atoms with van der Waals surface area (Å²) < 4.78 is 5.44. The van der Waals surface area contributed by atoms with Gasteiger partial charge in [-0.3, -0.25) is 14.7 Å². The minimum absolute atomic E-state index is 0.192. The second-order valence-electron chi connectivity index (χ2n) is 8.33. The predicted octanol–water partition coefficient (Wildman–Crippen LogP) is 1.38. The van der Waals surface area contributed by atoms with Crippen LogP contribution in [0.25, 0.3) is 0 Å². The number of carbonyl (C=O) groups excluding carboxylic acids is 1. The highest BCUT2D eigenvalue weighted by molar-refractivity contribution is 5.82. The van der Waals surface area contributed by atoms with Crippen molar-refractivity contribution in [1.82, 2.24) is 20.1 Å². The average Bonchev–Trinajstić information content (AvgIpc) is 2.96. The van der Waals surface area contributed by atoms with Crippen LogP contribution < -0.4 is 5.32 Å².